The number of halogens is 1. The van der Waals surface area contributed by atoms with E-state index in [4.69, 9.17) is 0 Å². The number of amides is 1. The largest absolute Gasteiger partial charge is 0.326 e. The van der Waals surface area contributed by atoms with E-state index in [1.807, 2.05) is 6.92 Å². The average molecular weight is 446 g/mol. The van der Waals surface area contributed by atoms with Crippen LogP contribution in [-0.4, -0.2) is 36.2 Å². The molecule has 0 bridgehead atoms. The average Bonchev–Trinajstić information content (AvgIpc) is 3.20. The van der Waals surface area contributed by atoms with Gasteiger partial charge in [-0.3, -0.25) is 9.59 Å². The van der Waals surface area contributed by atoms with Crippen LogP contribution >= 0.6 is 27.3 Å². The third-order valence-corrected chi connectivity index (χ3v) is 7.74. The van der Waals surface area contributed by atoms with E-state index < -0.39 is 27.5 Å². The minimum Gasteiger partial charge on any atom is -0.326 e. The Morgan fingerprint density at radius 3 is 2.88 bits per heavy atom. The van der Waals surface area contributed by atoms with E-state index in [1.165, 1.54) is 27.9 Å². The van der Waals surface area contributed by atoms with E-state index in [9.17, 15) is 18.0 Å². The second-order valence-corrected chi connectivity index (χ2v) is 10.0. The molecule has 0 radical (unpaired) electrons. The number of hydrogen-bond donors (Lipinski definition) is 2. The number of aromatic nitrogens is 1. The first-order valence-electron chi connectivity index (χ1n) is 7.56. The molecule has 2 N–H and O–H groups in total. The first kappa shape index (κ1) is 18.3. The number of aromatic amines is 1. The summed E-state index contributed by atoms with van der Waals surface area (Å²) in [5.41, 5.74) is -0.367. The number of sulfonamides is 1. The van der Waals surface area contributed by atoms with Crippen molar-refractivity contribution in [3.05, 3.63) is 44.1 Å². The molecular weight excluding hydrogens is 430 g/mol. The molecular formula is C15H16BrN3O4S2. The van der Waals surface area contributed by atoms with Gasteiger partial charge in [0.05, 0.1) is 0 Å². The van der Waals surface area contributed by atoms with Gasteiger partial charge >= 0.3 is 0 Å². The Hall–Kier alpha value is -1.49. The van der Waals surface area contributed by atoms with Gasteiger partial charge in [0.15, 0.2) is 0 Å². The first-order chi connectivity index (χ1) is 11.8. The number of carbonyl (C=O) groups is 1. The zero-order chi connectivity index (χ0) is 18.2. The van der Waals surface area contributed by atoms with Gasteiger partial charge in [-0.2, -0.15) is 4.31 Å². The van der Waals surface area contributed by atoms with Crippen molar-refractivity contribution >= 4 is 48.9 Å². The smallest absolute Gasteiger partial charge is 0.271 e. The zero-order valence-electron chi connectivity index (χ0n) is 13.3. The molecule has 0 saturated carbocycles. The number of nitrogens with one attached hydrogen (secondary N) is 2. The fourth-order valence-electron chi connectivity index (χ4n) is 2.72. The maximum absolute atomic E-state index is 12.8. The monoisotopic (exact) mass is 445 g/mol. The minimum atomic E-state index is -3.73. The summed E-state index contributed by atoms with van der Waals surface area (Å²) in [6.07, 6.45) is 2.47. The third kappa shape index (κ3) is 3.71. The Kier molecular flexibility index (Phi) is 5.14. The van der Waals surface area contributed by atoms with Gasteiger partial charge in [0.25, 0.3) is 15.6 Å². The molecule has 134 valence electrons. The number of rotatable bonds is 4. The van der Waals surface area contributed by atoms with Crippen molar-refractivity contribution in [1.29, 1.82) is 0 Å². The maximum atomic E-state index is 12.8. The Morgan fingerprint density at radius 1 is 1.44 bits per heavy atom. The van der Waals surface area contributed by atoms with Crippen LogP contribution < -0.4 is 10.9 Å². The van der Waals surface area contributed by atoms with Crippen LogP contribution in [0.5, 0.6) is 0 Å². The predicted molar refractivity (Wildman–Crippen MR) is 99.4 cm³/mol. The summed E-state index contributed by atoms with van der Waals surface area (Å²) < 4.78 is 27.7. The molecule has 2 aromatic rings. The van der Waals surface area contributed by atoms with Crippen LogP contribution in [0, 0.1) is 6.92 Å². The van der Waals surface area contributed by atoms with Gasteiger partial charge in [-0.15, -0.1) is 11.3 Å². The van der Waals surface area contributed by atoms with Crippen LogP contribution in [-0.2, 0) is 14.8 Å². The highest BCUT2D eigenvalue weighted by Crippen LogP contribution is 2.30. The topological polar surface area (TPSA) is 99.3 Å². The van der Waals surface area contributed by atoms with Crippen LogP contribution in [0.2, 0.25) is 0 Å². The summed E-state index contributed by atoms with van der Waals surface area (Å²) in [4.78, 5) is 27.8. The lowest BCUT2D eigenvalue weighted by molar-refractivity contribution is -0.119. The second-order valence-electron chi connectivity index (χ2n) is 5.69. The molecule has 3 heterocycles. The second kappa shape index (κ2) is 7.02. The van der Waals surface area contributed by atoms with E-state index in [-0.39, 0.29) is 16.4 Å². The molecule has 25 heavy (non-hydrogen) atoms. The van der Waals surface area contributed by atoms with Gasteiger partial charge in [0.2, 0.25) is 5.91 Å². The normalized spacial score (nSPS) is 18.4. The molecule has 1 aliphatic heterocycles. The van der Waals surface area contributed by atoms with E-state index in [0.29, 0.717) is 17.3 Å². The van der Waals surface area contributed by atoms with Crippen molar-refractivity contribution in [2.24, 2.45) is 0 Å². The lowest BCUT2D eigenvalue weighted by Crippen LogP contribution is -2.43. The molecule has 1 amide bonds. The van der Waals surface area contributed by atoms with Crippen molar-refractivity contribution < 1.29 is 13.2 Å². The molecule has 0 aromatic carbocycles. The molecule has 1 saturated heterocycles. The predicted octanol–water partition coefficient (Wildman–Crippen LogP) is 2.30. The van der Waals surface area contributed by atoms with Gasteiger partial charge in [-0.25, -0.2) is 8.42 Å². The minimum absolute atomic E-state index is 0.0793. The van der Waals surface area contributed by atoms with E-state index in [2.05, 4.69) is 26.2 Å². The standard InChI is InChI=1S/C15H16BrN3O4S2/c1-9-4-5-13(24-9)25(22,23)19-6-2-3-12(19)15(21)18-11-7-10(16)8-17-14(11)20/h4-5,7-8,12H,2-3,6H2,1H3,(H,17,20)(H,18,21). The Morgan fingerprint density at radius 2 is 2.20 bits per heavy atom. The van der Waals surface area contributed by atoms with Crippen LogP contribution in [0.15, 0.2) is 37.9 Å². The van der Waals surface area contributed by atoms with Gasteiger partial charge in [0.1, 0.15) is 15.9 Å². The molecule has 1 atom stereocenters. The molecule has 2 aromatic heterocycles. The Labute approximate surface area is 157 Å². The number of nitrogens with zero attached hydrogens (tertiary/aromatic N) is 1. The van der Waals surface area contributed by atoms with Gasteiger partial charge in [-0.05, 0) is 53.9 Å². The van der Waals surface area contributed by atoms with Crippen molar-refractivity contribution in [3.8, 4) is 0 Å². The Bertz CT molecular complexity index is 967. The van der Waals surface area contributed by atoms with Crippen molar-refractivity contribution in [3.63, 3.8) is 0 Å². The molecule has 0 spiro atoms. The summed E-state index contributed by atoms with van der Waals surface area (Å²) in [7, 11) is -3.73. The number of H-pyrrole nitrogens is 1. The SMILES string of the molecule is Cc1ccc(S(=O)(=O)N2CCCC2C(=O)Nc2cc(Br)c[nH]c2=O)s1. The summed E-state index contributed by atoms with van der Waals surface area (Å²) >= 11 is 4.40. The molecule has 1 fully saturated rings. The number of hydrogen-bond acceptors (Lipinski definition) is 5. The number of thiophene rings is 1. The summed E-state index contributed by atoms with van der Waals surface area (Å²) in [5.74, 6) is -0.502. The molecule has 7 nitrogen and oxygen atoms in total. The Balaban J connectivity index is 1.85. The fourth-order valence-corrected chi connectivity index (χ4v) is 6.13. The summed E-state index contributed by atoms with van der Waals surface area (Å²) in [5, 5.41) is 2.54. The molecule has 10 heteroatoms. The molecule has 0 aliphatic carbocycles. The lowest BCUT2D eigenvalue weighted by Gasteiger charge is -2.22. The fraction of sp³-hybridized carbons (Fsp3) is 0.333. The highest BCUT2D eigenvalue weighted by Gasteiger charge is 2.40. The van der Waals surface area contributed by atoms with Crippen molar-refractivity contribution in [2.45, 2.75) is 30.0 Å². The zero-order valence-corrected chi connectivity index (χ0v) is 16.5. The van der Waals surface area contributed by atoms with Crippen LogP contribution in [0.1, 0.15) is 17.7 Å². The van der Waals surface area contributed by atoms with E-state index in [0.717, 1.165) is 4.88 Å². The molecule has 1 unspecified atom stereocenters. The van der Waals surface area contributed by atoms with Crippen molar-refractivity contribution in [1.82, 2.24) is 9.29 Å². The number of anilines is 1. The highest BCUT2D eigenvalue weighted by molar-refractivity contribution is 9.10. The number of aryl methyl sites for hydroxylation is 1. The summed E-state index contributed by atoms with van der Waals surface area (Å²) in [6.45, 7) is 2.11. The van der Waals surface area contributed by atoms with E-state index in [1.54, 1.807) is 12.1 Å². The lowest BCUT2D eigenvalue weighted by atomic mass is 10.2. The number of pyridine rings is 1. The molecule has 3 rings (SSSR count). The van der Waals surface area contributed by atoms with Crippen LogP contribution in [0.25, 0.3) is 0 Å². The highest BCUT2D eigenvalue weighted by atomic mass is 79.9. The third-order valence-electron chi connectivity index (χ3n) is 3.91. The van der Waals surface area contributed by atoms with Crippen molar-refractivity contribution in [2.75, 3.05) is 11.9 Å². The molecule has 1 aliphatic rings. The number of carbonyl (C=O) groups excluding carboxylic acids is 1. The van der Waals surface area contributed by atoms with Crippen LogP contribution in [0.3, 0.4) is 0 Å². The summed E-state index contributed by atoms with van der Waals surface area (Å²) in [6, 6.07) is 3.95. The van der Waals surface area contributed by atoms with E-state index >= 15 is 0 Å². The quantitative estimate of drug-likeness (QED) is 0.753. The van der Waals surface area contributed by atoms with Gasteiger partial charge in [0, 0.05) is 22.1 Å². The van der Waals surface area contributed by atoms with Gasteiger partial charge in [-0.1, -0.05) is 0 Å². The van der Waals surface area contributed by atoms with Crippen LogP contribution in [0.4, 0.5) is 5.69 Å². The first-order valence-corrected chi connectivity index (χ1v) is 10.6. The maximum Gasteiger partial charge on any atom is 0.271 e. The van der Waals surface area contributed by atoms with Gasteiger partial charge < -0.3 is 10.3 Å².